The Kier molecular flexibility index (Phi) is 1.74. The summed E-state index contributed by atoms with van der Waals surface area (Å²) in [5.74, 6) is 0. The second kappa shape index (κ2) is 2.32. The van der Waals surface area contributed by atoms with Crippen molar-refractivity contribution in [3.05, 3.63) is 23.7 Å². The van der Waals surface area contributed by atoms with Crippen LogP contribution >= 0.6 is 0 Å². The zero-order valence-corrected chi connectivity index (χ0v) is 6.74. The van der Waals surface area contributed by atoms with E-state index < -0.39 is 17.4 Å². The molecule has 1 nitrogen and oxygen atoms in total. The summed E-state index contributed by atoms with van der Waals surface area (Å²) in [6.07, 6.45) is 0. The summed E-state index contributed by atoms with van der Waals surface area (Å²) in [4.78, 5) is 0. The van der Waals surface area contributed by atoms with Gasteiger partial charge in [-0.05, 0) is 5.41 Å². The van der Waals surface area contributed by atoms with Gasteiger partial charge < -0.3 is 4.42 Å². The SMILES string of the molecule is CC(C)(C)c1cc(F)oc1F. The van der Waals surface area contributed by atoms with Crippen LogP contribution in [-0.4, -0.2) is 0 Å². The summed E-state index contributed by atoms with van der Waals surface area (Å²) < 4.78 is 29.1. The third kappa shape index (κ3) is 1.59. The van der Waals surface area contributed by atoms with Gasteiger partial charge in [0.1, 0.15) is 0 Å². The normalized spacial score (nSPS) is 12.1. The Morgan fingerprint density at radius 1 is 1.27 bits per heavy atom. The van der Waals surface area contributed by atoms with Crippen LogP contribution in [-0.2, 0) is 5.41 Å². The Balaban J connectivity index is 3.13. The van der Waals surface area contributed by atoms with Crippen LogP contribution in [0.3, 0.4) is 0 Å². The first-order valence-corrected chi connectivity index (χ1v) is 3.36. The lowest BCUT2D eigenvalue weighted by molar-refractivity contribution is 0.260. The van der Waals surface area contributed by atoms with Gasteiger partial charge >= 0.3 is 0 Å². The fraction of sp³-hybridized carbons (Fsp3) is 0.500. The third-order valence-corrected chi connectivity index (χ3v) is 1.46. The molecule has 0 aromatic carbocycles. The van der Waals surface area contributed by atoms with E-state index in [0.29, 0.717) is 0 Å². The molecule has 0 radical (unpaired) electrons. The molecule has 0 fully saturated rings. The van der Waals surface area contributed by atoms with Gasteiger partial charge in [0.25, 0.3) is 12.0 Å². The van der Waals surface area contributed by atoms with E-state index in [0.717, 1.165) is 6.07 Å². The van der Waals surface area contributed by atoms with Crippen molar-refractivity contribution in [2.75, 3.05) is 0 Å². The largest absolute Gasteiger partial charge is 0.404 e. The van der Waals surface area contributed by atoms with E-state index in [1.165, 1.54) is 0 Å². The smallest absolute Gasteiger partial charge is 0.284 e. The van der Waals surface area contributed by atoms with Crippen LogP contribution in [0.1, 0.15) is 26.3 Å². The highest BCUT2D eigenvalue weighted by Crippen LogP contribution is 2.26. The molecule has 0 aliphatic rings. The molecule has 1 heterocycles. The van der Waals surface area contributed by atoms with E-state index in [1.807, 2.05) is 0 Å². The van der Waals surface area contributed by atoms with E-state index in [2.05, 4.69) is 4.42 Å². The summed E-state index contributed by atoms with van der Waals surface area (Å²) in [6.45, 7) is 5.38. The van der Waals surface area contributed by atoms with E-state index in [4.69, 9.17) is 0 Å². The summed E-state index contributed by atoms with van der Waals surface area (Å²) >= 11 is 0. The van der Waals surface area contributed by atoms with Gasteiger partial charge in [-0.1, -0.05) is 20.8 Å². The van der Waals surface area contributed by atoms with Gasteiger partial charge in [-0.15, -0.1) is 0 Å². The van der Waals surface area contributed by atoms with Crippen LogP contribution < -0.4 is 0 Å². The maximum atomic E-state index is 12.7. The second-order valence-electron chi connectivity index (χ2n) is 3.49. The molecule has 0 saturated heterocycles. The van der Waals surface area contributed by atoms with Crippen molar-refractivity contribution in [1.29, 1.82) is 0 Å². The Morgan fingerprint density at radius 2 is 1.82 bits per heavy atom. The second-order valence-corrected chi connectivity index (χ2v) is 3.49. The lowest BCUT2D eigenvalue weighted by atomic mass is 9.89. The van der Waals surface area contributed by atoms with Gasteiger partial charge in [-0.3, -0.25) is 0 Å². The minimum Gasteiger partial charge on any atom is -0.404 e. The lowest BCUT2D eigenvalue weighted by Gasteiger charge is -2.14. The quantitative estimate of drug-likeness (QED) is 0.568. The standard InChI is InChI=1S/C8H10F2O/c1-8(2,3)5-4-6(9)11-7(5)10/h4H,1-3H3. The van der Waals surface area contributed by atoms with Crippen LogP contribution in [0.25, 0.3) is 0 Å². The average Bonchev–Trinajstić information content (AvgIpc) is 2.08. The van der Waals surface area contributed by atoms with Gasteiger partial charge in [0.05, 0.1) is 0 Å². The summed E-state index contributed by atoms with van der Waals surface area (Å²) in [6, 6.07) is -0.613. The zero-order chi connectivity index (χ0) is 8.65. The Hall–Kier alpha value is -0.860. The number of hydrogen-bond acceptors (Lipinski definition) is 1. The number of halogens is 2. The Labute approximate surface area is 64.0 Å². The van der Waals surface area contributed by atoms with Crippen molar-refractivity contribution >= 4 is 0 Å². The Bertz CT molecular complexity index is 258. The molecule has 0 N–H and O–H groups in total. The highest BCUT2D eigenvalue weighted by molar-refractivity contribution is 5.18. The minimum absolute atomic E-state index is 0.273. The lowest BCUT2D eigenvalue weighted by Crippen LogP contribution is -2.11. The van der Waals surface area contributed by atoms with Crippen LogP contribution in [0, 0.1) is 12.0 Å². The number of rotatable bonds is 0. The van der Waals surface area contributed by atoms with E-state index in [1.54, 1.807) is 20.8 Å². The molecule has 11 heavy (non-hydrogen) atoms. The van der Waals surface area contributed by atoms with E-state index in [-0.39, 0.29) is 5.56 Å². The summed E-state index contributed by atoms with van der Waals surface area (Å²) in [7, 11) is 0. The minimum atomic E-state index is -0.868. The van der Waals surface area contributed by atoms with Crippen LogP contribution in [0.5, 0.6) is 0 Å². The van der Waals surface area contributed by atoms with Crippen LogP contribution in [0.2, 0.25) is 0 Å². The van der Waals surface area contributed by atoms with E-state index in [9.17, 15) is 8.78 Å². The molecule has 0 atom stereocenters. The highest BCUT2D eigenvalue weighted by atomic mass is 19.2. The average molecular weight is 160 g/mol. The number of furan rings is 1. The molecule has 1 rings (SSSR count). The van der Waals surface area contributed by atoms with Gasteiger partial charge in [-0.25, -0.2) is 0 Å². The van der Waals surface area contributed by atoms with Gasteiger partial charge in [0.15, 0.2) is 0 Å². The Morgan fingerprint density at radius 3 is 2.00 bits per heavy atom. The first kappa shape index (κ1) is 8.24. The molecule has 1 aromatic heterocycles. The molecule has 0 aliphatic heterocycles. The molecule has 0 saturated carbocycles. The predicted octanol–water partition coefficient (Wildman–Crippen LogP) is 2.86. The van der Waals surface area contributed by atoms with Crippen molar-refractivity contribution < 1.29 is 13.2 Å². The molecule has 1 aromatic rings. The molecule has 62 valence electrons. The van der Waals surface area contributed by atoms with Crippen LogP contribution in [0.4, 0.5) is 8.78 Å². The summed E-state index contributed by atoms with van der Waals surface area (Å²) in [5, 5.41) is 0. The summed E-state index contributed by atoms with van der Waals surface area (Å²) in [5.41, 5.74) is -0.132. The molecule has 0 amide bonds. The molecule has 0 aliphatic carbocycles. The van der Waals surface area contributed by atoms with Crippen molar-refractivity contribution in [2.45, 2.75) is 26.2 Å². The van der Waals surface area contributed by atoms with Crippen molar-refractivity contribution in [3.8, 4) is 0 Å². The van der Waals surface area contributed by atoms with Crippen LogP contribution in [0.15, 0.2) is 10.5 Å². The molecule has 3 heteroatoms. The highest BCUT2D eigenvalue weighted by Gasteiger charge is 2.22. The van der Waals surface area contributed by atoms with Gasteiger partial charge in [0.2, 0.25) is 0 Å². The molecular formula is C8H10F2O. The fourth-order valence-electron chi connectivity index (χ4n) is 0.852. The monoisotopic (exact) mass is 160 g/mol. The van der Waals surface area contributed by atoms with E-state index >= 15 is 0 Å². The topological polar surface area (TPSA) is 13.1 Å². The first-order chi connectivity index (χ1) is 4.91. The molecule has 0 unspecified atom stereocenters. The zero-order valence-electron chi connectivity index (χ0n) is 6.74. The maximum absolute atomic E-state index is 12.7. The van der Waals surface area contributed by atoms with Gasteiger partial charge in [-0.2, -0.15) is 8.78 Å². The number of hydrogen-bond donors (Lipinski definition) is 0. The first-order valence-electron chi connectivity index (χ1n) is 3.36. The van der Waals surface area contributed by atoms with Crippen molar-refractivity contribution in [1.82, 2.24) is 0 Å². The van der Waals surface area contributed by atoms with Crippen molar-refractivity contribution in [3.63, 3.8) is 0 Å². The third-order valence-electron chi connectivity index (χ3n) is 1.46. The van der Waals surface area contributed by atoms with Gasteiger partial charge in [0, 0.05) is 11.6 Å². The molecule has 0 spiro atoms. The maximum Gasteiger partial charge on any atom is 0.284 e. The molecular weight excluding hydrogens is 150 g/mol. The molecule has 0 bridgehead atoms. The predicted molar refractivity (Wildman–Crippen MR) is 37.3 cm³/mol. The van der Waals surface area contributed by atoms with Crippen molar-refractivity contribution in [2.24, 2.45) is 0 Å². The fourth-order valence-corrected chi connectivity index (χ4v) is 0.852.